The van der Waals surface area contributed by atoms with Gasteiger partial charge in [-0.2, -0.15) is 13.2 Å². The average molecular weight is 370 g/mol. The van der Waals surface area contributed by atoms with E-state index in [1.54, 1.807) is 12.1 Å². The van der Waals surface area contributed by atoms with Crippen LogP contribution in [0.15, 0.2) is 36.5 Å². The van der Waals surface area contributed by atoms with Gasteiger partial charge in [0.05, 0.1) is 21.8 Å². The molecule has 1 fully saturated rings. The Bertz CT molecular complexity index is 772. The molecule has 1 saturated heterocycles. The second-order valence-electron chi connectivity index (χ2n) is 5.75. The highest BCUT2D eigenvalue weighted by atomic mass is 35.5. The number of aromatic nitrogens is 1. The first-order valence-electron chi connectivity index (χ1n) is 7.74. The van der Waals surface area contributed by atoms with Crippen LogP contribution in [0.1, 0.15) is 28.8 Å². The van der Waals surface area contributed by atoms with E-state index in [1.165, 1.54) is 6.20 Å². The third kappa shape index (κ3) is 4.04. The summed E-state index contributed by atoms with van der Waals surface area (Å²) in [7, 11) is 0. The molecule has 25 heavy (non-hydrogen) atoms. The van der Waals surface area contributed by atoms with E-state index in [9.17, 15) is 18.0 Å². The lowest BCUT2D eigenvalue weighted by atomic mass is 10.2. The van der Waals surface area contributed by atoms with Crippen LogP contribution in [0, 0.1) is 0 Å². The smallest absolute Gasteiger partial charge is 0.357 e. The molecule has 1 aliphatic heterocycles. The number of nitrogens with one attached hydrogen (secondary N) is 1. The Kier molecular flexibility index (Phi) is 4.85. The minimum absolute atomic E-state index is 0.0306. The quantitative estimate of drug-likeness (QED) is 0.859. The van der Waals surface area contributed by atoms with Crippen molar-refractivity contribution in [2.75, 3.05) is 23.3 Å². The van der Waals surface area contributed by atoms with E-state index in [1.807, 2.05) is 0 Å². The van der Waals surface area contributed by atoms with Crippen molar-refractivity contribution < 1.29 is 18.0 Å². The summed E-state index contributed by atoms with van der Waals surface area (Å²) in [4.78, 5) is 18.6. The fraction of sp³-hybridized carbons (Fsp3) is 0.294. The Hall–Kier alpha value is -2.28. The van der Waals surface area contributed by atoms with Gasteiger partial charge < -0.3 is 10.2 Å². The van der Waals surface area contributed by atoms with E-state index in [0.29, 0.717) is 0 Å². The van der Waals surface area contributed by atoms with Crippen LogP contribution in [0.2, 0.25) is 5.02 Å². The van der Waals surface area contributed by atoms with Crippen LogP contribution in [-0.4, -0.2) is 24.0 Å². The van der Waals surface area contributed by atoms with E-state index < -0.39 is 17.6 Å². The molecule has 3 rings (SSSR count). The fourth-order valence-electron chi connectivity index (χ4n) is 2.65. The van der Waals surface area contributed by atoms with Crippen LogP contribution in [-0.2, 0) is 6.18 Å². The number of halogens is 4. The van der Waals surface area contributed by atoms with Crippen molar-refractivity contribution in [3.63, 3.8) is 0 Å². The summed E-state index contributed by atoms with van der Waals surface area (Å²) in [6.07, 6.45) is -0.885. The predicted molar refractivity (Wildman–Crippen MR) is 90.1 cm³/mol. The lowest BCUT2D eigenvalue weighted by Crippen LogP contribution is -2.19. The third-order valence-electron chi connectivity index (χ3n) is 3.98. The third-order valence-corrected chi connectivity index (χ3v) is 4.31. The largest absolute Gasteiger partial charge is 0.416 e. The highest BCUT2D eigenvalue weighted by Gasteiger charge is 2.31. The summed E-state index contributed by atoms with van der Waals surface area (Å²) in [5.74, 6) is 0.216. The van der Waals surface area contributed by atoms with Crippen molar-refractivity contribution in [2.45, 2.75) is 19.0 Å². The van der Waals surface area contributed by atoms with Crippen molar-refractivity contribution in [1.82, 2.24) is 4.98 Å². The Morgan fingerprint density at radius 3 is 2.48 bits per heavy atom. The number of pyridine rings is 1. The van der Waals surface area contributed by atoms with Crippen molar-refractivity contribution in [3.05, 3.63) is 52.7 Å². The number of anilines is 2. The molecule has 0 saturated carbocycles. The minimum Gasteiger partial charge on any atom is -0.357 e. The molecule has 4 nitrogen and oxygen atoms in total. The Morgan fingerprint density at radius 1 is 1.16 bits per heavy atom. The number of nitrogens with zero attached hydrogens (tertiary/aromatic N) is 2. The van der Waals surface area contributed by atoms with Gasteiger partial charge in [-0.1, -0.05) is 11.6 Å². The fourth-order valence-corrected chi connectivity index (χ4v) is 2.81. The van der Waals surface area contributed by atoms with Gasteiger partial charge in [0, 0.05) is 19.3 Å². The zero-order chi connectivity index (χ0) is 18.0. The summed E-state index contributed by atoms with van der Waals surface area (Å²) in [5.41, 5.74) is -0.726. The Morgan fingerprint density at radius 2 is 1.88 bits per heavy atom. The molecule has 1 aliphatic rings. The van der Waals surface area contributed by atoms with Crippen LogP contribution in [0.5, 0.6) is 0 Å². The molecule has 1 amide bonds. The standard InChI is InChI=1S/C17H15ClF3N3O/c18-13-5-4-12(17(19,20)21)9-14(13)23-16(25)11-3-6-15(22-10-11)24-7-1-2-8-24/h3-6,9-10H,1-2,7-8H2,(H,23,25). The monoisotopic (exact) mass is 369 g/mol. The summed E-state index contributed by atoms with van der Waals surface area (Å²) in [6, 6.07) is 6.11. The molecule has 0 bridgehead atoms. The van der Waals surface area contributed by atoms with Crippen molar-refractivity contribution >= 4 is 29.0 Å². The molecule has 132 valence electrons. The summed E-state index contributed by atoms with van der Waals surface area (Å²) in [5, 5.41) is 2.43. The number of hydrogen-bond acceptors (Lipinski definition) is 3. The number of amides is 1. The minimum atomic E-state index is -4.51. The van der Waals surface area contributed by atoms with E-state index in [2.05, 4.69) is 15.2 Å². The number of alkyl halides is 3. The van der Waals surface area contributed by atoms with Gasteiger partial charge in [-0.05, 0) is 43.2 Å². The van der Waals surface area contributed by atoms with Crippen LogP contribution in [0.25, 0.3) is 0 Å². The molecule has 0 radical (unpaired) electrons. The number of benzene rings is 1. The molecule has 0 atom stereocenters. The Labute approximate surface area is 147 Å². The zero-order valence-electron chi connectivity index (χ0n) is 13.1. The van der Waals surface area contributed by atoms with Crippen LogP contribution in [0.4, 0.5) is 24.7 Å². The second kappa shape index (κ2) is 6.92. The van der Waals surface area contributed by atoms with Crippen molar-refractivity contribution in [1.29, 1.82) is 0 Å². The van der Waals surface area contributed by atoms with Gasteiger partial charge in [0.15, 0.2) is 0 Å². The van der Waals surface area contributed by atoms with Gasteiger partial charge >= 0.3 is 6.18 Å². The number of carbonyl (C=O) groups excluding carboxylic acids is 1. The molecule has 1 aromatic heterocycles. The lowest BCUT2D eigenvalue weighted by Gasteiger charge is -2.16. The van der Waals surface area contributed by atoms with Crippen molar-refractivity contribution in [2.24, 2.45) is 0 Å². The van der Waals surface area contributed by atoms with Crippen LogP contribution in [0.3, 0.4) is 0 Å². The maximum absolute atomic E-state index is 12.8. The molecule has 0 spiro atoms. The van der Waals surface area contributed by atoms with E-state index in [-0.39, 0.29) is 16.3 Å². The average Bonchev–Trinajstić information content (AvgIpc) is 3.10. The normalized spacial score (nSPS) is 14.6. The van der Waals surface area contributed by atoms with Gasteiger partial charge in [-0.3, -0.25) is 4.79 Å². The Balaban J connectivity index is 1.76. The number of hydrogen-bond donors (Lipinski definition) is 1. The summed E-state index contributed by atoms with van der Waals surface area (Å²) >= 11 is 5.88. The van der Waals surface area contributed by atoms with Gasteiger partial charge in [0.1, 0.15) is 5.82 Å². The first-order valence-corrected chi connectivity index (χ1v) is 8.11. The maximum Gasteiger partial charge on any atom is 0.416 e. The lowest BCUT2D eigenvalue weighted by molar-refractivity contribution is -0.137. The second-order valence-corrected chi connectivity index (χ2v) is 6.15. The van der Waals surface area contributed by atoms with E-state index in [0.717, 1.165) is 49.9 Å². The maximum atomic E-state index is 12.8. The molecule has 0 aliphatic carbocycles. The zero-order valence-corrected chi connectivity index (χ0v) is 13.9. The highest BCUT2D eigenvalue weighted by Crippen LogP contribution is 2.34. The summed E-state index contributed by atoms with van der Waals surface area (Å²) in [6.45, 7) is 1.86. The first-order chi connectivity index (χ1) is 11.8. The van der Waals surface area contributed by atoms with Gasteiger partial charge in [0.2, 0.25) is 0 Å². The van der Waals surface area contributed by atoms with E-state index >= 15 is 0 Å². The number of rotatable bonds is 3. The first kappa shape index (κ1) is 17.5. The van der Waals surface area contributed by atoms with Gasteiger partial charge in [-0.25, -0.2) is 4.98 Å². The SMILES string of the molecule is O=C(Nc1cc(C(F)(F)F)ccc1Cl)c1ccc(N2CCCC2)nc1. The molecule has 2 aromatic rings. The van der Waals surface area contributed by atoms with Crippen molar-refractivity contribution in [3.8, 4) is 0 Å². The van der Waals surface area contributed by atoms with E-state index in [4.69, 9.17) is 11.6 Å². The topological polar surface area (TPSA) is 45.2 Å². The molecule has 1 aromatic carbocycles. The molecular weight excluding hydrogens is 355 g/mol. The molecule has 8 heteroatoms. The highest BCUT2D eigenvalue weighted by molar-refractivity contribution is 6.34. The van der Waals surface area contributed by atoms with Gasteiger partial charge in [-0.15, -0.1) is 0 Å². The molecule has 1 N–H and O–H groups in total. The number of carbonyl (C=O) groups is 1. The summed E-state index contributed by atoms with van der Waals surface area (Å²) < 4.78 is 38.3. The molecule has 2 heterocycles. The van der Waals surface area contributed by atoms with Crippen LogP contribution >= 0.6 is 11.6 Å². The van der Waals surface area contributed by atoms with Crippen LogP contribution < -0.4 is 10.2 Å². The van der Waals surface area contributed by atoms with Gasteiger partial charge in [0.25, 0.3) is 5.91 Å². The molecular formula is C17H15ClF3N3O. The predicted octanol–water partition coefficient (Wildman–Crippen LogP) is 4.61. The molecule has 0 unspecified atom stereocenters.